The third-order valence-electron chi connectivity index (χ3n) is 24.9. The number of nitrogens with two attached hydrogens (primary N) is 2. The zero-order valence-electron chi connectivity index (χ0n) is 81.4. The van der Waals surface area contributed by atoms with Crippen molar-refractivity contribution < 1.29 is 107 Å². The van der Waals surface area contributed by atoms with Crippen LogP contribution in [0.3, 0.4) is 0 Å². The largest absolute Gasteiger partial charge is 0.508 e. The van der Waals surface area contributed by atoms with Crippen LogP contribution in [0.2, 0.25) is 0 Å². The molecule has 46 heteroatoms. The van der Waals surface area contributed by atoms with Gasteiger partial charge in [-0.1, -0.05) is 109 Å². The zero-order valence-corrected chi connectivity index (χ0v) is 85.4. The second kappa shape index (κ2) is 53.2. The van der Waals surface area contributed by atoms with E-state index in [0.717, 1.165) is 4.90 Å². The van der Waals surface area contributed by atoms with Crippen molar-refractivity contribution in [3.05, 3.63) is 196 Å². The van der Waals surface area contributed by atoms with Gasteiger partial charge in [-0.05, 0) is 162 Å². The molecule has 0 saturated carbocycles. The van der Waals surface area contributed by atoms with Crippen LogP contribution in [0.25, 0.3) is 44.0 Å². The number of aromatic amines is 3. The van der Waals surface area contributed by atoms with Crippen LogP contribution in [-0.4, -0.2) is 253 Å². The molecule has 11 rings (SSSR count). The number of anilines is 1. The predicted octanol–water partition coefficient (Wildman–Crippen LogP) is 5.00. The third-order valence-corrected chi connectivity index (χ3v) is 26.5. The fraction of sp³-hybridized carbons (Fsp3) is 0.396. The average Bonchev–Trinajstić information content (AvgIpc) is 1.01. The van der Waals surface area contributed by atoms with Crippen LogP contribution in [0.1, 0.15) is 138 Å². The second-order valence-electron chi connectivity index (χ2n) is 37.0. The first-order chi connectivity index (χ1) is 70.1. The SMILES string of the molecule is CC[C@H](C)[C@H](NC(=O)[C@H](Cc1cnc[nH]1)NC(=O)[C@H](CS)NC(=O)[C@H](CC(C)C)NC(=O)[C@H](CC(=O)O)NC(=O)[C@H](Cc1ccc(O)c(I)c1)NC(=O)[C@@H]1CCCN1C(=O)[C@H](CS)NC(=O)[C@H](Cc1cnc[nH]1)NC(=O)[C@H](Cc1ccccc1)NC(=O)[C@H](Cc1c[nH]c2ccccc12)NC(=O)[C@H](N)CCCCNC(=O)Nc1ccc(-c2c3ccc(O)cc3[o+]c3cc(O)ccc23)c(C(=O)O)c1)C(=O)N[C@@H](CC(C)C)C(N)=O. The summed E-state index contributed by atoms with van der Waals surface area (Å²) in [6.45, 7) is 10.5. The van der Waals surface area contributed by atoms with Crippen molar-refractivity contribution in [1.29, 1.82) is 0 Å². The maximum atomic E-state index is 15.2. The molecule has 25 N–H and O–H groups in total. The Kier molecular flexibility index (Phi) is 40.7. The number of carbonyl (C=O) groups excluding carboxylic acids is 14. The van der Waals surface area contributed by atoms with Crippen molar-refractivity contribution in [3.63, 3.8) is 0 Å². The molecule has 43 nitrogen and oxygen atoms in total. The molecule has 0 aliphatic carbocycles. The van der Waals surface area contributed by atoms with Gasteiger partial charge in [-0.2, -0.15) is 25.3 Å². The Morgan fingerprint density at radius 3 is 1.61 bits per heavy atom. The summed E-state index contributed by atoms with van der Waals surface area (Å²) in [5.41, 5.74) is 16.2. The Morgan fingerprint density at radius 1 is 0.524 bits per heavy atom. The van der Waals surface area contributed by atoms with E-state index in [9.17, 15) is 78.3 Å². The van der Waals surface area contributed by atoms with Crippen molar-refractivity contribution >= 4 is 181 Å². The molecule has 782 valence electrons. The molecule has 0 bridgehead atoms. The summed E-state index contributed by atoms with van der Waals surface area (Å²) < 4.78 is 6.30. The van der Waals surface area contributed by atoms with Crippen molar-refractivity contribution in [2.24, 2.45) is 29.2 Å². The van der Waals surface area contributed by atoms with Crippen LogP contribution in [-0.2, 0) is 99.2 Å². The summed E-state index contributed by atoms with van der Waals surface area (Å²) in [6, 6.07) is 13.3. The number of rotatable bonds is 52. The van der Waals surface area contributed by atoms with Gasteiger partial charge in [0.1, 0.15) is 89.8 Å². The normalized spacial score (nSPS) is 15.1. The Hall–Kier alpha value is -14.9. The number of likely N-dealkylation sites (tertiary alicyclic amines) is 1. The molecule has 0 radical (unpaired) electrons. The summed E-state index contributed by atoms with van der Waals surface area (Å²) >= 11 is 10.7. The number of phenolic OH excluding ortho intramolecular Hbond substituents is 3. The van der Waals surface area contributed by atoms with Gasteiger partial charge in [0.05, 0.1) is 57.2 Å². The molecule has 4 aromatic heterocycles. The number of para-hydroxylation sites is 1. The van der Waals surface area contributed by atoms with Gasteiger partial charge in [-0.15, -0.1) is 0 Å². The van der Waals surface area contributed by atoms with E-state index in [1.807, 2.05) is 48.6 Å². The number of halogens is 1. The van der Waals surface area contributed by atoms with Crippen molar-refractivity contribution in [2.75, 3.05) is 29.9 Å². The van der Waals surface area contributed by atoms with Crippen molar-refractivity contribution in [1.82, 2.24) is 93.6 Å². The maximum Gasteiger partial charge on any atom is 0.365 e. The molecule has 1 fully saturated rings. The third kappa shape index (κ3) is 31.5. The van der Waals surface area contributed by atoms with Crippen molar-refractivity contribution in [3.8, 4) is 28.4 Å². The van der Waals surface area contributed by atoms with Gasteiger partial charge in [0.2, 0.25) is 76.8 Å². The number of benzene rings is 6. The first kappa shape index (κ1) is 112. The highest BCUT2D eigenvalue weighted by molar-refractivity contribution is 14.1. The molecule has 1 aliphatic heterocycles. The number of aromatic hydroxyl groups is 3. The fourth-order valence-electron chi connectivity index (χ4n) is 17.1. The molecule has 0 spiro atoms. The summed E-state index contributed by atoms with van der Waals surface area (Å²) in [5, 5.41) is 88.2. The van der Waals surface area contributed by atoms with Crippen LogP contribution >= 0.6 is 47.8 Å². The number of amides is 15. The quantitative estimate of drug-likeness (QED) is 0.00784. The first-order valence-corrected chi connectivity index (χ1v) is 50.3. The van der Waals surface area contributed by atoms with E-state index in [-0.39, 0.29) is 141 Å². The number of carboxylic acid groups (broad SMARTS) is 2. The van der Waals surface area contributed by atoms with Crippen LogP contribution in [0.5, 0.6) is 17.2 Å². The predicted molar refractivity (Wildman–Crippen MR) is 557 cm³/mol. The summed E-state index contributed by atoms with van der Waals surface area (Å²) in [7, 11) is 0. The Bertz CT molecular complexity index is 6360. The summed E-state index contributed by atoms with van der Waals surface area (Å²) in [5.74, 6) is -16.8. The number of primary amides is 1. The van der Waals surface area contributed by atoms with Gasteiger partial charge >= 0.3 is 29.1 Å². The number of carbonyl (C=O) groups is 16. The number of phenols is 3. The topological polar surface area (TPSA) is 670 Å². The number of hydrogen-bond acceptors (Lipinski definition) is 24. The number of thiol groups is 2. The minimum atomic E-state index is -1.99. The van der Waals surface area contributed by atoms with E-state index < -0.39 is 197 Å². The molecule has 5 heterocycles. The van der Waals surface area contributed by atoms with Gasteiger partial charge < -0.3 is 126 Å². The molecule has 14 atom stereocenters. The number of carboxylic acids is 2. The number of aliphatic carboxylic acids is 1. The minimum Gasteiger partial charge on any atom is -0.508 e. The highest BCUT2D eigenvalue weighted by atomic mass is 127. The number of aromatic nitrogens is 5. The molecular weight excluding hydrogens is 2050 g/mol. The standard InChI is InChI=1S/C101H122IN21O22S2/c1-7-53(6)86(98(140)112-70(87(104)129)32-51(2)3)122-95(137)76(40-59-46-106-50-110-59)117-96(138)78(47-146)120-89(131)71(33-52(4)5)114-94(136)77(43-84(127)128)118-91(133)73(36-55-22-29-81(126)67(102)34-55)119-97(139)80-21-15-31-123(80)99(141)79(48-147)121-93(135)75(39-58-45-105-49-109-58)116-90(132)72(35-54-16-9-8-10-17-54)115-92(134)74(37-56-44-108-69-20-12-11-18-62(56)69)113-88(130)68(103)19-13-14-30-107-101(144)111-57-23-26-63(66(38-57)100(142)143)85-64-27-24-60(124)41-82(64)145-83-42-61(125)25-28-65(83)85/h8-12,16-18,20,22-29,34,38,41-42,44-46,49-53,68,70-80,86,108H,7,13-15,19,21,30-33,35-37,39-40,43,47-48,103H2,1-6H3,(H23-,104,105,106,107,109,110,111,112,113,114,115,116,117,118,119,120,121,122,124,125,126,127,128,129,130,131,132,133,134,135,136,137,138,139,140,142,143,144,146,147)/p+1/t53-,68+,70-,71-,72-,73-,74-,75-,76-,77-,78-,79-,80-,86-/m0/s1. The second-order valence-corrected chi connectivity index (χ2v) is 38.9. The van der Waals surface area contributed by atoms with Crippen LogP contribution in [0.4, 0.5) is 10.5 Å². The molecule has 1 aliphatic rings. The first-order valence-electron chi connectivity index (χ1n) is 47.9. The zero-order chi connectivity index (χ0) is 107. The monoisotopic (exact) mass is 2170 g/mol. The highest BCUT2D eigenvalue weighted by Gasteiger charge is 2.43. The lowest BCUT2D eigenvalue weighted by Crippen LogP contribution is -2.62. The lowest BCUT2D eigenvalue weighted by molar-refractivity contribution is -0.142. The molecule has 147 heavy (non-hydrogen) atoms. The smallest absolute Gasteiger partial charge is 0.365 e. The summed E-state index contributed by atoms with van der Waals surface area (Å²) in [6.07, 6.45) is 6.08. The molecule has 1 saturated heterocycles. The Labute approximate surface area is 869 Å². The van der Waals surface area contributed by atoms with Gasteiger partial charge in [0, 0.05) is 109 Å². The van der Waals surface area contributed by atoms with E-state index in [1.54, 1.807) is 88.5 Å². The van der Waals surface area contributed by atoms with Gasteiger partial charge in [-0.25, -0.2) is 24.0 Å². The number of nitrogens with zero attached hydrogens (tertiary/aromatic N) is 3. The van der Waals surface area contributed by atoms with Crippen LogP contribution in [0, 0.1) is 21.3 Å². The number of urea groups is 1. The minimum absolute atomic E-state index is 0.0134. The van der Waals surface area contributed by atoms with Crippen LogP contribution in [0.15, 0.2) is 163 Å². The number of imidazole rings is 2. The van der Waals surface area contributed by atoms with E-state index in [2.05, 4.69) is 119 Å². The molecular formula is C101H123IN21O22S2+. The highest BCUT2D eigenvalue weighted by Crippen LogP contribution is 2.41. The lowest BCUT2D eigenvalue weighted by atomic mass is 9.93. The number of nitrogens with one attached hydrogen (secondary N) is 16. The Balaban J connectivity index is 0.744. The molecule has 15 amide bonds. The maximum absolute atomic E-state index is 15.2. The lowest BCUT2D eigenvalue weighted by Gasteiger charge is -2.31. The molecule has 10 aromatic rings. The number of unbranched alkanes of at least 4 members (excludes halogenated alkanes) is 1. The van der Waals surface area contributed by atoms with E-state index in [0.29, 0.717) is 71.7 Å². The molecule has 6 aromatic carbocycles. The van der Waals surface area contributed by atoms with Crippen LogP contribution < -0.4 is 80.6 Å². The van der Waals surface area contributed by atoms with E-state index in [1.165, 1.54) is 85.7 Å². The number of fused-ring (bicyclic) bond motifs is 3. The molecule has 0 unspecified atom stereocenters. The van der Waals surface area contributed by atoms with Crippen molar-refractivity contribution in [2.45, 2.75) is 210 Å². The van der Waals surface area contributed by atoms with Gasteiger partial charge in [0.25, 0.3) is 0 Å². The number of hydrogen-bond donors (Lipinski definition) is 25. The number of aromatic carboxylic acids is 1. The fourth-order valence-corrected chi connectivity index (χ4v) is 18.2. The van der Waals surface area contributed by atoms with E-state index in [4.69, 9.17) is 15.9 Å². The van der Waals surface area contributed by atoms with Gasteiger partial charge in [0.15, 0.2) is 0 Å². The number of H-pyrrole nitrogens is 3. The summed E-state index contributed by atoms with van der Waals surface area (Å²) in [4.78, 5) is 246. The Morgan fingerprint density at radius 2 is 1.04 bits per heavy atom. The average molecular weight is 2170 g/mol. The van der Waals surface area contributed by atoms with E-state index >= 15 is 24.0 Å². The van der Waals surface area contributed by atoms with Gasteiger partial charge in [-0.3, -0.25) is 67.1 Å².